The lowest BCUT2D eigenvalue weighted by Gasteiger charge is -2.14. The number of rotatable bonds is 5. The maximum Gasteiger partial charge on any atom is 0.196 e. The van der Waals surface area contributed by atoms with Gasteiger partial charge in [-0.3, -0.25) is 5.10 Å². The number of nitrogens with one attached hydrogen (secondary N) is 3. The average molecular weight is 519 g/mol. The van der Waals surface area contributed by atoms with Crippen molar-refractivity contribution in [3.63, 3.8) is 0 Å². The minimum Gasteiger partial charge on any atom is -0.490 e. The summed E-state index contributed by atoms with van der Waals surface area (Å²) in [6, 6.07) is 16.0. The van der Waals surface area contributed by atoms with E-state index < -0.39 is 0 Å². The fraction of sp³-hybridized carbons (Fsp3) is 0.273. The van der Waals surface area contributed by atoms with E-state index in [9.17, 15) is 0 Å². The molecule has 0 fully saturated rings. The number of aliphatic imine (C=N–C) groups is 1. The molecular weight excluding hydrogens is 493 g/mol. The number of nitrogens with zero attached hydrogens (tertiary/aromatic N) is 2. The predicted molar refractivity (Wildman–Crippen MR) is 129 cm³/mol. The van der Waals surface area contributed by atoms with Gasteiger partial charge in [0.05, 0.1) is 32.0 Å². The van der Waals surface area contributed by atoms with Crippen molar-refractivity contribution >= 4 is 35.6 Å². The number of fused-ring (bicyclic) bond motifs is 1. The third kappa shape index (κ3) is 5.88. The Labute approximate surface area is 193 Å². The van der Waals surface area contributed by atoms with Crippen LogP contribution >= 0.6 is 24.0 Å². The van der Waals surface area contributed by atoms with Gasteiger partial charge in [0.15, 0.2) is 17.5 Å². The van der Waals surface area contributed by atoms with Gasteiger partial charge in [0.1, 0.15) is 0 Å². The van der Waals surface area contributed by atoms with Gasteiger partial charge in [-0.25, -0.2) is 4.99 Å². The zero-order valence-electron chi connectivity index (χ0n) is 16.9. The fourth-order valence-corrected chi connectivity index (χ4v) is 3.03. The Kier molecular flexibility index (Phi) is 7.95. The smallest absolute Gasteiger partial charge is 0.196 e. The summed E-state index contributed by atoms with van der Waals surface area (Å²) >= 11 is 0. The van der Waals surface area contributed by atoms with Crippen LogP contribution in [0.15, 0.2) is 59.7 Å². The van der Waals surface area contributed by atoms with Gasteiger partial charge in [-0.15, -0.1) is 24.0 Å². The summed E-state index contributed by atoms with van der Waals surface area (Å²) in [4.78, 5) is 4.77. The zero-order valence-corrected chi connectivity index (χ0v) is 19.2. The molecule has 1 aliphatic rings. The van der Waals surface area contributed by atoms with E-state index >= 15 is 0 Å². The number of aromatic amines is 1. The van der Waals surface area contributed by atoms with E-state index in [-0.39, 0.29) is 24.0 Å². The molecule has 0 bridgehead atoms. The molecule has 7 nitrogen and oxygen atoms in total. The van der Waals surface area contributed by atoms with Crippen molar-refractivity contribution < 1.29 is 9.47 Å². The molecule has 0 saturated heterocycles. The Bertz CT molecular complexity index is 975. The molecular formula is C22H26IN5O2. The number of aryl methyl sites for hydroxylation is 1. The molecule has 0 aliphatic carbocycles. The predicted octanol–water partition coefficient (Wildman–Crippen LogP) is 4.26. The van der Waals surface area contributed by atoms with E-state index in [2.05, 4.69) is 39.9 Å². The molecule has 30 heavy (non-hydrogen) atoms. The number of ether oxygens (including phenoxy) is 2. The van der Waals surface area contributed by atoms with E-state index in [1.54, 1.807) is 6.20 Å². The molecule has 0 spiro atoms. The maximum atomic E-state index is 5.80. The molecule has 0 radical (unpaired) electrons. The van der Waals surface area contributed by atoms with Gasteiger partial charge in [0.2, 0.25) is 0 Å². The lowest BCUT2D eigenvalue weighted by molar-refractivity contribution is 0.297. The second kappa shape index (κ2) is 10.9. The Morgan fingerprint density at radius 3 is 2.73 bits per heavy atom. The largest absolute Gasteiger partial charge is 0.490 e. The quantitative estimate of drug-likeness (QED) is 0.267. The second-order valence-corrected chi connectivity index (χ2v) is 6.86. The van der Waals surface area contributed by atoms with Gasteiger partial charge in [-0.05, 0) is 36.2 Å². The summed E-state index contributed by atoms with van der Waals surface area (Å²) in [5.41, 5.74) is 4.28. The van der Waals surface area contributed by atoms with E-state index in [0.29, 0.717) is 32.3 Å². The van der Waals surface area contributed by atoms with Gasteiger partial charge in [0, 0.05) is 24.4 Å². The first-order valence-electron chi connectivity index (χ1n) is 9.76. The van der Waals surface area contributed by atoms with Crippen LogP contribution in [0.2, 0.25) is 0 Å². The van der Waals surface area contributed by atoms with Crippen LogP contribution in [0.25, 0.3) is 0 Å². The van der Waals surface area contributed by atoms with Crippen molar-refractivity contribution in [2.75, 3.05) is 18.5 Å². The van der Waals surface area contributed by atoms with Gasteiger partial charge < -0.3 is 20.1 Å². The van der Waals surface area contributed by atoms with E-state index in [1.165, 1.54) is 11.1 Å². The average Bonchev–Trinajstić information content (AvgIpc) is 3.15. The van der Waals surface area contributed by atoms with Crippen LogP contribution in [-0.4, -0.2) is 29.4 Å². The van der Waals surface area contributed by atoms with Crippen LogP contribution in [0.3, 0.4) is 0 Å². The molecule has 2 heterocycles. The minimum atomic E-state index is 0. The van der Waals surface area contributed by atoms with Crippen LogP contribution < -0.4 is 20.1 Å². The van der Waals surface area contributed by atoms with Crippen LogP contribution in [-0.2, 0) is 13.1 Å². The molecule has 0 saturated carbocycles. The van der Waals surface area contributed by atoms with Crippen LogP contribution in [0.5, 0.6) is 11.5 Å². The summed E-state index contributed by atoms with van der Waals surface area (Å²) in [5, 5.41) is 13.7. The molecule has 2 aromatic carbocycles. The van der Waals surface area contributed by atoms with Crippen LogP contribution in [0.1, 0.15) is 23.2 Å². The normalized spacial score (nSPS) is 13.2. The molecule has 1 aromatic heterocycles. The highest BCUT2D eigenvalue weighted by Crippen LogP contribution is 2.32. The molecule has 0 atom stereocenters. The SMILES string of the molecule is Cc1ccccc1CN=C(NCc1ccn[nH]1)Nc1ccc2c(c1)OCCCO2.I. The van der Waals surface area contributed by atoms with Crippen LogP contribution in [0.4, 0.5) is 5.69 Å². The van der Waals surface area contributed by atoms with Crippen molar-refractivity contribution in [1.29, 1.82) is 0 Å². The highest BCUT2D eigenvalue weighted by Gasteiger charge is 2.11. The number of H-pyrrole nitrogens is 1. The van der Waals surface area contributed by atoms with Crippen molar-refractivity contribution in [2.45, 2.75) is 26.4 Å². The Morgan fingerprint density at radius 2 is 1.93 bits per heavy atom. The Morgan fingerprint density at radius 1 is 1.10 bits per heavy atom. The third-order valence-corrected chi connectivity index (χ3v) is 4.68. The first-order valence-corrected chi connectivity index (χ1v) is 9.76. The van der Waals surface area contributed by atoms with Gasteiger partial charge in [-0.2, -0.15) is 5.10 Å². The molecule has 3 N–H and O–H groups in total. The van der Waals surface area contributed by atoms with Crippen LogP contribution in [0, 0.1) is 6.92 Å². The molecule has 1 aliphatic heterocycles. The molecule has 4 rings (SSSR count). The highest BCUT2D eigenvalue weighted by atomic mass is 127. The number of hydrogen-bond donors (Lipinski definition) is 3. The lowest BCUT2D eigenvalue weighted by atomic mass is 10.1. The fourth-order valence-electron chi connectivity index (χ4n) is 3.03. The van der Waals surface area contributed by atoms with E-state index in [1.807, 2.05) is 36.4 Å². The maximum absolute atomic E-state index is 5.80. The van der Waals surface area contributed by atoms with Gasteiger partial charge in [-0.1, -0.05) is 24.3 Å². The van der Waals surface area contributed by atoms with E-state index in [4.69, 9.17) is 14.5 Å². The number of anilines is 1. The molecule has 8 heteroatoms. The third-order valence-electron chi connectivity index (χ3n) is 4.68. The zero-order chi connectivity index (χ0) is 19.9. The second-order valence-electron chi connectivity index (χ2n) is 6.86. The minimum absolute atomic E-state index is 0. The number of aromatic nitrogens is 2. The molecule has 158 valence electrons. The molecule has 0 unspecified atom stereocenters. The monoisotopic (exact) mass is 519 g/mol. The number of guanidine groups is 1. The van der Waals surface area contributed by atoms with Crippen molar-refractivity contribution in [3.05, 3.63) is 71.5 Å². The Balaban J connectivity index is 0.00000256. The first-order chi connectivity index (χ1) is 14.3. The topological polar surface area (TPSA) is 83.6 Å². The summed E-state index contributed by atoms with van der Waals surface area (Å²) in [7, 11) is 0. The highest BCUT2D eigenvalue weighted by molar-refractivity contribution is 14.0. The van der Waals surface area contributed by atoms with Crippen molar-refractivity contribution in [3.8, 4) is 11.5 Å². The first kappa shape index (κ1) is 21.9. The van der Waals surface area contributed by atoms with Crippen molar-refractivity contribution in [1.82, 2.24) is 15.5 Å². The number of hydrogen-bond acceptors (Lipinski definition) is 4. The van der Waals surface area contributed by atoms with Gasteiger partial charge >= 0.3 is 0 Å². The van der Waals surface area contributed by atoms with Gasteiger partial charge in [0.25, 0.3) is 0 Å². The molecule has 0 amide bonds. The summed E-state index contributed by atoms with van der Waals surface area (Å²) in [5.74, 6) is 2.20. The number of benzene rings is 2. The Hall–Kier alpha value is -2.75. The standard InChI is InChI=1S/C22H25N5O2.HI/c1-16-5-2-3-6-17(16)14-23-22(24-15-19-9-10-25-27-19)26-18-7-8-20-21(13-18)29-12-4-11-28-20;/h2-3,5-10,13H,4,11-12,14-15H2,1H3,(H,25,27)(H2,23,24,26);1H. The summed E-state index contributed by atoms with van der Waals surface area (Å²) < 4.78 is 11.5. The van der Waals surface area contributed by atoms with Crippen molar-refractivity contribution in [2.24, 2.45) is 4.99 Å². The molecule has 3 aromatic rings. The number of halogens is 1. The lowest BCUT2D eigenvalue weighted by Crippen LogP contribution is -2.30. The summed E-state index contributed by atoms with van der Waals surface area (Å²) in [6.07, 6.45) is 2.62. The summed E-state index contributed by atoms with van der Waals surface area (Å²) in [6.45, 7) is 4.59. The van der Waals surface area contributed by atoms with E-state index in [0.717, 1.165) is 29.3 Å².